The summed E-state index contributed by atoms with van der Waals surface area (Å²) in [6.07, 6.45) is 0. The second-order valence-corrected chi connectivity index (χ2v) is 10.1. The van der Waals surface area contributed by atoms with Gasteiger partial charge >= 0.3 is 18.9 Å². The summed E-state index contributed by atoms with van der Waals surface area (Å²) in [5.74, 6) is 0. The smallest absolute Gasteiger partial charge is 1.00 e. The van der Waals surface area contributed by atoms with Crippen molar-refractivity contribution in [2.24, 2.45) is 0 Å². The van der Waals surface area contributed by atoms with E-state index in [0.717, 1.165) is 12.1 Å². The van der Waals surface area contributed by atoms with Crippen LogP contribution in [0.2, 0.25) is 0 Å². The van der Waals surface area contributed by atoms with Crippen molar-refractivity contribution in [2.75, 3.05) is 0 Å². The quantitative estimate of drug-likeness (QED) is 0.564. The number of hydrogen-bond acceptors (Lipinski definition) is 4. The summed E-state index contributed by atoms with van der Waals surface area (Å²) in [6, 6.07) is 2.18. The van der Waals surface area contributed by atoms with Crippen molar-refractivity contribution in [1.29, 1.82) is 0 Å². The zero-order valence-electron chi connectivity index (χ0n) is 15.5. The van der Waals surface area contributed by atoms with E-state index in [1.165, 1.54) is 0 Å². The maximum absolute atomic E-state index is 11.9. The molecule has 1 aromatic rings. The molecule has 0 bridgehead atoms. The van der Waals surface area contributed by atoms with Crippen LogP contribution in [0, 0.1) is 0 Å². The van der Waals surface area contributed by atoms with E-state index >= 15 is 0 Å². The van der Waals surface area contributed by atoms with Gasteiger partial charge in [-0.25, -0.2) is 0 Å². The van der Waals surface area contributed by atoms with Crippen molar-refractivity contribution in [3.8, 4) is 0 Å². The van der Waals surface area contributed by atoms with Gasteiger partial charge in [-0.3, -0.25) is 9.11 Å². The van der Waals surface area contributed by atoms with Crippen molar-refractivity contribution in [3.63, 3.8) is 0 Å². The minimum absolute atomic E-state index is 0. The van der Waals surface area contributed by atoms with Gasteiger partial charge in [0.1, 0.15) is 4.90 Å². The van der Waals surface area contributed by atoms with Gasteiger partial charge in [0.25, 0.3) is 20.2 Å². The van der Waals surface area contributed by atoms with Crippen LogP contribution in [0.25, 0.3) is 0 Å². The molecule has 0 aliphatic rings. The van der Waals surface area contributed by atoms with E-state index in [4.69, 9.17) is 0 Å². The Kier molecular flexibility index (Phi) is 6.40. The minimum Gasteiger partial charge on any atom is -1.00 e. The molecule has 1 aromatic carbocycles. The Labute approximate surface area is 151 Å². The first kappa shape index (κ1) is 22.6. The van der Waals surface area contributed by atoms with Gasteiger partial charge in [-0.15, -0.1) is 0 Å². The molecule has 0 saturated heterocycles. The van der Waals surface area contributed by atoms with Gasteiger partial charge in [0, 0.05) is 0 Å². The van der Waals surface area contributed by atoms with E-state index in [1.54, 1.807) is 41.5 Å². The topological polar surface area (TPSA) is 109 Å². The Bertz CT molecular complexity index is 768. The molecule has 0 fully saturated rings. The monoisotopic (exact) mass is 358 g/mol. The van der Waals surface area contributed by atoms with E-state index < -0.39 is 36.0 Å². The average molecular weight is 358 g/mol. The van der Waals surface area contributed by atoms with Gasteiger partial charge < -0.3 is 1.43 Å². The first-order valence-electron chi connectivity index (χ1n) is 6.59. The summed E-state index contributed by atoms with van der Waals surface area (Å²) in [7, 11) is -9.08. The molecule has 9 heteroatoms. The van der Waals surface area contributed by atoms with E-state index in [9.17, 15) is 25.9 Å². The summed E-state index contributed by atoms with van der Waals surface area (Å²) < 4.78 is 65.7. The molecule has 0 radical (unpaired) electrons. The molecule has 0 saturated carbocycles. The summed E-state index contributed by atoms with van der Waals surface area (Å²) in [5, 5.41) is 0. The number of hydrogen-bond donors (Lipinski definition) is 2. The van der Waals surface area contributed by atoms with Crippen LogP contribution in [0.15, 0.2) is 21.9 Å². The molecule has 23 heavy (non-hydrogen) atoms. The SMILES string of the molecule is CC(C)(C)c1cc(S(=O)(=O)O)cc(C(C)(C)C)c1S(=O)(=O)O.[H-].[Li+]. The molecule has 6 nitrogen and oxygen atoms in total. The third-order valence-corrected chi connectivity index (χ3v) is 5.02. The molecule has 0 aliphatic heterocycles. The molecule has 2 N–H and O–H groups in total. The van der Waals surface area contributed by atoms with Crippen LogP contribution in [-0.2, 0) is 31.1 Å². The average Bonchev–Trinajstić information content (AvgIpc) is 2.22. The van der Waals surface area contributed by atoms with Crippen molar-refractivity contribution >= 4 is 20.2 Å². The Morgan fingerprint density at radius 1 is 0.783 bits per heavy atom. The summed E-state index contributed by atoms with van der Waals surface area (Å²) in [4.78, 5) is -0.699. The third-order valence-electron chi connectivity index (χ3n) is 3.23. The van der Waals surface area contributed by atoms with Crippen molar-refractivity contribution in [3.05, 3.63) is 23.3 Å². The molecule has 0 spiro atoms. The minimum atomic E-state index is -4.57. The Morgan fingerprint density at radius 3 is 1.26 bits per heavy atom. The zero-order chi connectivity index (χ0) is 17.7. The Morgan fingerprint density at radius 2 is 1.09 bits per heavy atom. The maximum Gasteiger partial charge on any atom is 1.00 e. The summed E-state index contributed by atoms with van der Waals surface area (Å²) in [6.45, 7) is 10.2. The van der Waals surface area contributed by atoms with Gasteiger partial charge in [-0.1, -0.05) is 41.5 Å². The molecular formula is C14H23LiO6S2. The fraction of sp³-hybridized carbons (Fsp3) is 0.571. The van der Waals surface area contributed by atoms with Gasteiger partial charge in [0.05, 0.1) is 4.90 Å². The van der Waals surface area contributed by atoms with Gasteiger partial charge in [0.2, 0.25) is 0 Å². The van der Waals surface area contributed by atoms with Crippen LogP contribution < -0.4 is 18.9 Å². The number of benzene rings is 1. The predicted octanol–water partition coefficient (Wildman–Crippen LogP) is -0.108. The molecule has 0 aliphatic carbocycles. The Balaban J connectivity index is 0. The first-order valence-corrected chi connectivity index (χ1v) is 9.47. The third kappa shape index (κ3) is 5.31. The van der Waals surface area contributed by atoms with Crippen molar-refractivity contribution in [2.45, 2.75) is 62.2 Å². The van der Waals surface area contributed by atoms with E-state index in [0.29, 0.717) is 0 Å². The largest absolute Gasteiger partial charge is 1.00 e. The fourth-order valence-electron chi connectivity index (χ4n) is 2.14. The van der Waals surface area contributed by atoms with Crippen LogP contribution in [0.5, 0.6) is 0 Å². The molecule has 0 unspecified atom stereocenters. The molecule has 0 aromatic heterocycles. The zero-order valence-corrected chi connectivity index (χ0v) is 16.1. The summed E-state index contributed by atoms with van der Waals surface area (Å²) in [5.41, 5.74) is -1.25. The molecule has 0 heterocycles. The standard InChI is InChI=1S/C14H22O6S2.Li.H/c1-13(2,3)10-7-9(21(15,16)17)8-11(14(4,5)6)12(10)22(18,19)20;;/h7-8H,1-6H3,(H,15,16,17)(H,18,19,20);;/q;+1;-1. The van der Waals surface area contributed by atoms with Crippen LogP contribution in [0.4, 0.5) is 0 Å². The normalized spacial score (nSPS) is 13.6. The molecule has 0 atom stereocenters. The second-order valence-electron chi connectivity index (χ2n) is 7.30. The van der Waals surface area contributed by atoms with Crippen molar-refractivity contribution in [1.82, 2.24) is 0 Å². The number of rotatable bonds is 2. The second kappa shape index (κ2) is 6.51. The Hall–Kier alpha value is -0.363. The van der Waals surface area contributed by atoms with Gasteiger partial charge in [-0.05, 0) is 34.1 Å². The molecule has 0 amide bonds. The van der Waals surface area contributed by atoms with Crippen LogP contribution >= 0.6 is 0 Å². The molecule has 128 valence electrons. The maximum atomic E-state index is 11.9. The molecule has 1 rings (SSSR count). The van der Waals surface area contributed by atoms with Crippen molar-refractivity contribution < 1.29 is 46.2 Å². The van der Waals surface area contributed by atoms with Crippen LogP contribution in [0.3, 0.4) is 0 Å². The van der Waals surface area contributed by atoms with Crippen LogP contribution in [-0.4, -0.2) is 25.9 Å². The van der Waals surface area contributed by atoms with Gasteiger partial charge in [-0.2, -0.15) is 16.8 Å². The van der Waals surface area contributed by atoms with E-state index in [2.05, 4.69) is 0 Å². The van der Waals surface area contributed by atoms with E-state index in [1.807, 2.05) is 0 Å². The summed E-state index contributed by atoms with van der Waals surface area (Å²) >= 11 is 0. The predicted molar refractivity (Wildman–Crippen MR) is 84.6 cm³/mol. The molecular weight excluding hydrogens is 335 g/mol. The van der Waals surface area contributed by atoms with E-state index in [-0.39, 0.29) is 36.3 Å². The van der Waals surface area contributed by atoms with Crippen LogP contribution in [0.1, 0.15) is 54.1 Å². The first-order chi connectivity index (χ1) is 9.45. The van der Waals surface area contributed by atoms with Gasteiger partial charge in [0.15, 0.2) is 0 Å². The fourth-order valence-corrected chi connectivity index (χ4v) is 3.96.